The average molecular weight is 249 g/mol. The van der Waals surface area contributed by atoms with Gasteiger partial charge >= 0.3 is 95.2 Å². The number of nitrogens with zero attached hydrogens (tertiary/aromatic N) is 2. The SMILES string of the molecule is N#Cc1ccc(OC#P=O)c2nc(N)sc12. The van der Waals surface area contributed by atoms with Gasteiger partial charge in [-0.15, -0.1) is 0 Å². The molecule has 0 radical (unpaired) electrons. The van der Waals surface area contributed by atoms with Crippen molar-refractivity contribution in [2.24, 2.45) is 0 Å². The summed E-state index contributed by atoms with van der Waals surface area (Å²) in [6.07, 6.45) is 0. The Morgan fingerprint density at radius 3 is 3.06 bits per heavy atom. The molecule has 0 atom stereocenters. The first-order valence-corrected chi connectivity index (χ1v) is 5.72. The predicted molar refractivity (Wildman–Crippen MR) is 60.9 cm³/mol. The van der Waals surface area contributed by atoms with Gasteiger partial charge in [0.15, 0.2) is 0 Å². The topological polar surface area (TPSA) is 89.0 Å². The van der Waals surface area contributed by atoms with Crippen molar-refractivity contribution in [2.75, 3.05) is 5.73 Å². The molecule has 0 amide bonds. The number of thiazole rings is 1. The third-order valence-electron chi connectivity index (χ3n) is 1.84. The third kappa shape index (κ3) is 1.80. The molecular formula is C9H4N3O2PS. The van der Waals surface area contributed by atoms with Crippen LogP contribution in [0.1, 0.15) is 5.56 Å². The van der Waals surface area contributed by atoms with Crippen LogP contribution in [0.2, 0.25) is 0 Å². The molecule has 0 saturated heterocycles. The fourth-order valence-electron chi connectivity index (χ4n) is 1.24. The van der Waals surface area contributed by atoms with E-state index in [1.807, 2.05) is 6.07 Å². The molecule has 1 heterocycles. The van der Waals surface area contributed by atoms with Gasteiger partial charge in [0.2, 0.25) is 0 Å². The van der Waals surface area contributed by atoms with Crippen LogP contribution < -0.4 is 10.5 Å². The second-order valence-electron chi connectivity index (χ2n) is 2.74. The molecule has 0 aliphatic rings. The van der Waals surface area contributed by atoms with E-state index < -0.39 is 0 Å². The molecular weight excluding hydrogens is 245 g/mol. The first-order valence-electron chi connectivity index (χ1n) is 4.09. The number of nitrogens with two attached hydrogens (primary N) is 1. The molecule has 0 aliphatic heterocycles. The zero-order chi connectivity index (χ0) is 11.5. The van der Waals surface area contributed by atoms with Crippen molar-refractivity contribution in [2.45, 2.75) is 0 Å². The Balaban J connectivity index is 2.72. The minimum atomic E-state index is -0.353. The van der Waals surface area contributed by atoms with Crippen LogP contribution in [-0.2, 0) is 4.57 Å². The summed E-state index contributed by atoms with van der Waals surface area (Å²) >= 11 is 1.21. The molecule has 1 aromatic carbocycles. The van der Waals surface area contributed by atoms with Gasteiger partial charge in [0, 0.05) is 0 Å². The molecule has 0 spiro atoms. The number of hydrogen-bond acceptors (Lipinski definition) is 6. The number of nitrogen functional groups attached to an aromatic ring is 1. The van der Waals surface area contributed by atoms with Gasteiger partial charge in [0.05, 0.1) is 0 Å². The van der Waals surface area contributed by atoms with Gasteiger partial charge in [-0.3, -0.25) is 0 Å². The number of rotatable bonds is 1. The number of hydrogen-bond donors (Lipinski definition) is 1. The summed E-state index contributed by atoms with van der Waals surface area (Å²) in [5.74, 6) is 2.54. The van der Waals surface area contributed by atoms with Gasteiger partial charge in [-0.25, -0.2) is 0 Å². The number of benzene rings is 1. The van der Waals surface area contributed by atoms with E-state index in [4.69, 9.17) is 15.7 Å². The van der Waals surface area contributed by atoms with E-state index >= 15 is 0 Å². The van der Waals surface area contributed by atoms with Crippen molar-refractivity contribution in [3.05, 3.63) is 17.7 Å². The quantitative estimate of drug-likeness (QED) is 0.783. The monoisotopic (exact) mass is 249 g/mol. The van der Waals surface area contributed by atoms with Gasteiger partial charge in [-0.2, -0.15) is 0 Å². The molecule has 0 aliphatic carbocycles. The minimum absolute atomic E-state index is 0.349. The number of ether oxygens (including phenoxy) is 1. The molecule has 1 aromatic heterocycles. The Bertz CT molecular complexity index is 698. The number of aromatic nitrogens is 1. The molecule has 7 heteroatoms. The molecule has 0 fully saturated rings. The normalized spacial score (nSPS) is 9.44. The van der Waals surface area contributed by atoms with E-state index in [0.717, 1.165) is 0 Å². The fourth-order valence-corrected chi connectivity index (χ4v) is 2.19. The Kier molecular flexibility index (Phi) is 2.93. The van der Waals surface area contributed by atoms with Crippen LogP contribution in [0.5, 0.6) is 5.75 Å². The van der Waals surface area contributed by atoms with Crippen molar-refractivity contribution in [1.29, 1.82) is 5.26 Å². The molecule has 78 valence electrons. The number of nitriles is 1. The third-order valence-corrected chi connectivity index (χ3v) is 2.92. The van der Waals surface area contributed by atoms with Crippen molar-refractivity contribution < 1.29 is 9.30 Å². The first-order chi connectivity index (χ1) is 7.76. The molecule has 2 aromatic rings. The molecule has 2 rings (SSSR count). The summed E-state index contributed by atoms with van der Waals surface area (Å²) in [6.45, 7) is 0. The predicted octanol–water partition coefficient (Wildman–Crippen LogP) is 2.34. The molecule has 0 saturated carbocycles. The van der Waals surface area contributed by atoms with E-state index in [0.29, 0.717) is 26.7 Å². The summed E-state index contributed by atoms with van der Waals surface area (Å²) in [5.41, 5.74) is 6.54. The van der Waals surface area contributed by atoms with Crippen LogP contribution in [-0.4, -0.2) is 4.98 Å². The van der Waals surface area contributed by atoms with Crippen LogP contribution in [0.4, 0.5) is 5.13 Å². The average Bonchev–Trinajstić information content (AvgIpc) is 2.67. The van der Waals surface area contributed by atoms with Gasteiger partial charge in [-0.05, 0) is 0 Å². The molecule has 0 unspecified atom stereocenters. The Labute approximate surface area is 95.6 Å². The Morgan fingerprint density at radius 1 is 1.56 bits per heavy atom. The van der Waals surface area contributed by atoms with Crippen molar-refractivity contribution >= 4 is 34.6 Å². The van der Waals surface area contributed by atoms with Gasteiger partial charge < -0.3 is 0 Å². The Morgan fingerprint density at radius 2 is 2.38 bits per heavy atom. The van der Waals surface area contributed by atoms with Crippen LogP contribution in [0.15, 0.2) is 12.1 Å². The summed E-state index contributed by atoms with van der Waals surface area (Å²) in [4.78, 5) is 4.05. The second-order valence-corrected chi connectivity index (χ2v) is 4.13. The maximum atomic E-state index is 10.2. The van der Waals surface area contributed by atoms with Crippen LogP contribution in [0, 0.1) is 17.1 Å². The van der Waals surface area contributed by atoms with E-state index in [2.05, 4.69) is 10.8 Å². The van der Waals surface area contributed by atoms with Crippen molar-refractivity contribution in [3.63, 3.8) is 0 Å². The van der Waals surface area contributed by atoms with Gasteiger partial charge in [-0.1, -0.05) is 0 Å². The van der Waals surface area contributed by atoms with E-state index in [-0.39, 0.29) is 7.92 Å². The Hall–Kier alpha value is -1.79. The summed E-state index contributed by atoms with van der Waals surface area (Å²) in [6, 6.07) is 5.21. The van der Waals surface area contributed by atoms with Crippen molar-refractivity contribution in [3.8, 4) is 17.6 Å². The summed E-state index contributed by atoms with van der Waals surface area (Å²) in [5, 5.41) is 9.24. The van der Waals surface area contributed by atoms with E-state index in [9.17, 15) is 4.57 Å². The van der Waals surface area contributed by atoms with E-state index in [1.54, 1.807) is 12.1 Å². The zero-order valence-electron chi connectivity index (χ0n) is 7.80. The van der Waals surface area contributed by atoms with Gasteiger partial charge in [0.1, 0.15) is 0 Å². The summed E-state index contributed by atoms with van der Waals surface area (Å²) in [7, 11) is -0.353. The number of fused-ring (bicyclic) bond motifs is 1. The summed E-state index contributed by atoms with van der Waals surface area (Å²) < 4.78 is 15.8. The molecule has 2 N–H and O–H groups in total. The van der Waals surface area contributed by atoms with Crippen molar-refractivity contribution in [1.82, 2.24) is 4.98 Å². The molecule has 0 bridgehead atoms. The molecule has 5 nitrogen and oxygen atoms in total. The fraction of sp³-hybridized carbons (Fsp3) is 0. The first kappa shape index (κ1) is 10.7. The van der Waals surface area contributed by atoms with E-state index in [1.165, 1.54) is 11.3 Å². The number of anilines is 1. The standard InChI is InChI=1S/C9H4N3O2PS/c10-3-5-1-2-6(14-4-15-13)7-8(5)16-9(11)12-7/h1-2H,(H2,11,12). The second kappa shape index (κ2) is 4.38. The van der Waals surface area contributed by atoms with Gasteiger partial charge in [0.25, 0.3) is 0 Å². The zero-order valence-corrected chi connectivity index (χ0v) is 9.51. The van der Waals surface area contributed by atoms with Crippen LogP contribution in [0.25, 0.3) is 10.2 Å². The molecule has 16 heavy (non-hydrogen) atoms. The van der Waals surface area contributed by atoms with Crippen LogP contribution in [0.3, 0.4) is 0 Å². The van der Waals surface area contributed by atoms with Crippen LogP contribution >= 0.6 is 19.3 Å². The maximum absolute atomic E-state index is 10.2.